The SMILES string of the molecule is O=C(Nc1ccc(N2CCOCC2)cc1)c1ccc(-n2cncn2)nn1. The molecule has 0 spiro atoms. The van der Waals surface area contributed by atoms with Gasteiger partial charge in [0.15, 0.2) is 11.5 Å². The van der Waals surface area contributed by atoms with E-state index in [0.717, 1.165) is 32.0 Å². The summed E-state index contributed by atoms with van der Waals surface area (Å²) in [6.07, 6.45) is 2.92. The molecule has 9 nitrogen and oxygen atoms in total. The Bertz CT molecular complexity index is 857. The number of aromatic nitrogens is 5. The van der Waals surface area contributed by atoms with E-state index in [1.54, 1.807) is 12.1 Å². The predicted octanol–water partition coefficient (Wildman–Crippen LogP) is 1.15. The first-order valence-corrected chi connectivity index (χ1v) is 8.22. The van der Waals surface area contributed by atoms with Crippen molar-refractivity contribution in [3.63, 3.8) is 0 Å². The van der Waals surface area contributed by atoms with Gasteiger partial charge in [-0.05, 0) is 36.4 Å². The van der Waals surface area contributed by atoms with Crippen LogP contribution in [0.25, 0.3) is 5.82 Å². The fourth-order valence-corrected chi connectivity index (χ4v) is 2.67. The van der Waals surface area contributed by atoms with Gasteiger partial charge in [-0.2, -0.15) is 5.10 Å². The maximum atomic E-state index is 12.3. The second kappa shape index (κ2) is 7.28. The summed E-state index contributed by atoms with van der Waals surface area (Å²) in [6, 6.07) is 11.0. The Labute approximate surface area is 149 Å². The third-order valence-corrected chi connectivity index (χ3v) is 4.04. The molecule has 1 aliphatic rings. The van der Waals surface area contributed by atoms with Gasteiger partial charge in [0.25, 0.3) is 5.91 Å². The topological polar surface area (TPSA) is 98.1 Å². The summed E-state index contributed by atoms with van der Waals surface area (Å²) in [4.78, 5) is 18.4. The largest absolute Gasteiger partial charge is 0.378 e. The van der Waals surface area contributed by atoms with Crippen molar-refractivity contribution < 1.29 is 9.53 Å². The first-order chi connectivity index (χ1) is 12.8. The first-order valence-electron chi connectivity index (χ1n) is 8.22. The van der Waals surface area contributed by atoms with Gasteiger partial charge in [-0.3, -0.25) is 4.79 Å². The molecule has 4 rings (SSSR count). The van der Waals surface area contributed by atoms with E-state index in [1.807, 2.05) is 24.3 Å². The highest BCUT2D eigenvalue weighted by Crippen LogP contribution is 2.19. The zero-order valence-corrected chi connectivity index (χ0v) is 13.9. The summed E-state index contributed by atoms with van der Waals surface area (Å²) in [6.45, 7) is 3.22. The molecule has 0 bridgehead atoms. The molecule has 1 saturated heterocycles. The fourth-order valence-electron chi connectivity index (χ4n) is 2.67. The second-order valence-electron chi connectivity index (χ2n) is 5.72. The third kappa shape index (κ3) is 3.52. The van der Waals surface area contributed by atoms with Crippen molar-refractivity contribution in [3.8, 4) is 5.82 Å². The Morgan fingerprint density at radius 3 is 2.50 bits per heavy atom. The van der Waals surface area contributed by atoms with Crippen LogP contribution in [0, 0.1) is 0 Å². The summed E-state index contributed by atoms with van der Waals surface area (Å²) in [5.41, 5.74) is 2.04. The summed E-state index contributed by atoms with van der Waals surface area (Å²) >= 11 is 0. The average Bonchev–Trinajstić information content (AvgIpc) is 3.24. The van der Waals surface area contributed by atoms with Crippen molar-refractivity contribution in [1.82, 2.24) is 25.0 Å². The van der Waals surface area contributed by atoms with Gasteiger partial charge < -0.3 is 15.0 Å². The molecule has 132 valence electrons. The molecule has 1 N–H and O–H groups in total. The van der Waals surface area contributed by atoms with Crippen LogP contribution < -0.4 is 10.2 Å². The number of benzene rings is 1. The Balaban J connectivity index is 1.41. The van der Waals surface area contributed by atoms with Crippen molar-refractivity contribution in [1.29, 1.82) is 0 Å². The first kappa shape index (κ1) is 16.2. The Kier molecular flexibility index (Phi) is 4.52. The molecule has 2 aromatic heterocycles. The minimum Gasteiger partial charge on any atom is -0.378 e. The lowest BCUT2D eigenvalue weighted by Crippen LogP contribution is -2.36. The molecule has 3 heterocycles. The summed E-state index contributed by atoms with van der Waals surface area (Å²) < 4.78 is 6.83. The maximum Gasteiger partial charge on any atom is 0.276 e. The number of hydrogen-bond acceptors (Lipinski definition) is 7. The van der Waals surface area contributed by atoms with E-state index in [1.165, 1.54) is 17.3 Å². The Morgan fingerprint density at radius 1 is 1.04 bits per heavy atom. The number of nitrogens with one attached hydrogen (secondary N) is 1. The van der Waals surface area contributed by atoms with Gasteiger partial charge in [-0.1, -0.05) is 0 Å². The monoisotopic (exact) mass is 351 g/mol. The van der Waals surface area contributed by atoms with E-state index >= 15 is 0 Å². The maximum absolute atomic E-state index is 12.3. The van der Waals surface area contributed by atoms with Crippen molar-refractivity contribution >= 4 is 17.3 Å². The molecule has 0 unspecified atom stereocenters. The van der Waals surface area contributed by atoms with Crippen LogP contribution in [0.5, 0.6) is 0 Å². The molecule has 1 fully saturated rings. The van der Waals surface area contributed by atoms with Gasteiger partial charge in [0.2, 0.25) is 0 Å². The third-order valence-electron chi connectivity index (χ3n) is 4.04. The standard InChI is InChI=1S/C17H17N7O2/c25-17(15-5-6-16(22-21-15)24-12-18-11-19-24)20-13-1-3-14(4-2-13)23-7-9-26-10-8-23/h1-6,11-12H,7-10H2,(H,20,25). The lowest BCUT2D eigenvalue weighted by atomic mass is 10.2. The van der Waals surface area contributed by atoms with Crippen molar-refractivity contribution in [2.24, 2.45) is 0 Å². The quantitative estimate of drug-likeness (QED) is 0.753. The lowest BCUT2D eigenvalue weighted by molar-refractivity contribution is 0.102. The molecule has 9 heteroatoms. The molecule has 1 amide bonds. The zero-order valence-electron chi connectivity index (χ0n) is 13.9. The van der Waals surface area contributed by atoms with Crippen LogP contribution in [0.4, 0.5) is 11.4 Å². The summed E-state index contributed by atoms with van der Waals surface area (Å²) in [5.74, 6) is 0.177. The molecule has 26 heavy (non-hydrogen) atoms. The van der Waals surface area contributed by atoms with Gasteiger partial charge >= 0.3 is 0 Å². The molecular weight excluding hydrogens is 334 g/mol. The van der Waals surface area contributed by atoms with Gasteiger partial charge in [0, 0.05) is 24.5 Å². The minimum atomic E-state index is -0.318. The highest BCUT2D eigenvalue weighted by atomic mass is 16.5. The van der Waals surface area contributed by atoms with Crippen LogP contribution in [0.3, 0.4) is 0 Å². The van der Waals surface area contributed by atoms with Crippen LogP contribution in [-0.4, -0.2) is 57.2 Å². The van der Waals surface area contributed by atoms with Crippen LogP contribution in [0.2, 0.25) is 0 Å². The molecule has 1 aromatic carbocycles. The minimum absolute atomic E-state index is 0.228. The fraction of sp³-hybridized carbons (Fsp3) is 0.235. The second-order valence-corrected chi connectivity index (χ2v) is 5.72. The number of ether oxygens (including phenoxy) is 1. The van der Waals surface area contributed by atoms with Gasteiger partial charge in [-0.25, -0.2) is 9.67 Å². The number of carbonyl (C=O) groups is 1. The Morgan fingerprint density at radius 2 is 1.85 bits per heavy atom. The smallest absolute Gasteiger partial charge is 0.276 e. The van der Waals surface area contributed by atoms with E-state index in [4.69, 9.17) is 4.74 Å². The van der Waals surface area contributed by atoms with Crippen molar-refractivity contribution in [2.45, 2.75) is 0 Å². The molecule has 3 aromatic rings. The van der Waals surface area contributed by atoms with E-state index in [9.17, 15) is 4.79 Å². The Hall–Kier alpha value is -3.33. The molecule has 0 saturated carbocycles. The van der Waals surface area contributed by atoms with E-state index in [2.05, 4.69) is 30.5 Å². The van der Waals surface area contributed by atoms with Crippen LogP contribution in [0.1, 0.15) is 10.5 Å². The predicted molar refractivity (Wildman–Crippen MR) is 94.4 cm³/mol. The number of hydrogen-bond donors (Lipinski definition) is 1. The molecular formula is C17H17N7O2. The number of amides is 1. The van der Waals surface area contributed by atoms with Crippen LogP contribution >= 0.6 is 0 Å². The highest BCUT2D eigenvalue weighted by Gasteiger charge is 2.12. The van der Waals surface area contributed by atoms with E-state index in [0.29, 0.717) is 11.5 Å². The van der Waals surface area contributed by atoms with Crippen molar-refractivity contribution in [2.75, 3.05) is 36.5 Å². The van der Waals surface area contributed by atoms with Crippen LogP contribution in [0.15, 0.2) is 49.1 Å². The molecule has 0 aliphatic carbocycles. The number of morpholine rings is 1. The summed E-state index contributed by atoms with van der Waals surface area (Å²) in [5, 5.41) is 14.7. The average molecular weight is 351 g/mol. The number of carbonyl (C=O) groups excluding carboxylic acids is 1. The summed E-state index contributed by atoms with van der Waals surface area (Å²) in [7, 11) is 0. The lowest BCUT2D eigenvalue weighted by Gasteiger charge is -2.28. The number of nitrogens with zero attached hydrogens (tertiary/aromatic N) is 6. The molecule has 1 aliphatic heterocycles. The highest BCUT2D eigenvalue weighted by molar-refractivity contribution is 6.02. The van der Waals surface area contributed by atoms with E-state index in [-0.39, 0.29) is 11.6 Å². The van der Waals surface area contributed by atoms with E-state index < -0.39 is 0 Å². The van der Waals surface area contributed by atoms with Gasteiger partial charge in [0.1, 0.15) is 12.7 Å². The van der Waals surface area contributed by atoms with Gasteiger partial charge in [0.05, 0.1) is 13.2 Å². The number of anilines is 2. The normalized spacial score (nSPS) is 14.2. The van der Waals surface area contributed by atoms with Crippen LogP contribution in [-0.2, 0) is 4.74 Å². The van der Waals surface area contributed by atoms with Crippen molar-refractivity contribution in [3.05, 3.63) is 54.7 Å². The zero-order chi connectivity index (χ0) is 17.8. The molecule has 0 radical (unpaired) electrons. The molecule has 0 atom stereocenters. The van der Waals surface area contributed by atoms with Gasteiger partial charge in [-0.15, -0.1) is 10.2 Å². The number of rotatable bonds is 4.